The lowest BCUT2D eigenvalue weighted by Gasteiger charge is -2.05. The van der Waals surface area contributed by atoms with Gasteiger partial charge in [-0.2, -0.15) is 5.26 Å². The molecule has 0 unspecified atom stereocenters. The summed E-state index contributed by atoms with van der Waals surface area (Å²) in [4.78, 5) is 11.5. The number of benzene rings is 1. The minimum Gasteiger partial charge on any atom is -0.226 e. The van der Waals surface area contributed by atoms with Gasteiger partial charge in [0.05, 0.1) is 11.6 Å². The van der Waals surface area contributed by atoms with Gasteiger partial charge < -0.3 is 0 Å². The van der Waals surface area contributed by atoms with E-state index >= 15 is 0 Å². The van der Waals surface area contributed by atoms with Gasteiger partial charge >= 0.3 is 0 Å². The number of thioether (sulfide) groups is 1. The lowest BCUT2D eigenvalue weighted by Crippen LogP contribution is -1.92. The monoisotopic (exact) mass is 325 g/mol. The standard InChI is InChI=1S/C17H15N3S2/c1-3-14-8-15-16(19-11(2)20-17(15)22-14)21-10-13-7-5-4-6-12(13)9-18/h4-8H,3,10H2,1-2H3. The number of fused-ring (bicyclic) bond motifs is 1. The summed E-state index contributed by atoms with van der Waals surface area (Å²) in [5.74, 6) is 1.54. The van der Waals surface area contributed by atoms with Crippen LogP contribution in [0, 0.1) is 18.3 Å². The Hall–Kier alpha value is -1.90. The van der Waals surface area contributed by atoms with Gasteiger partial charge in [-0.15, -0.1) is 23.1 Å². The van der Waals surface area contributed by atoms with Crippen LogP contribution in [0.4, 0.5) is 0 Å². The average molecular weight is 325 g/mol. The zero-order chi connectivity index (χ0) is 15.5. The molecule has 0 amide bonds. The Morgan fingerprint density at radius 3 is 2.86 bits per heavy atom. The van der Waals surface area contributed by atoms with Crippen molar-refractivity contribution >= 4 is 33.3 Å². The molecule has 0 saturated carbocycles. The highest BCUT2D eigenvalue weighted by atomic mass is 32.2. The summed E-state index contributed by atoms with van der Waals surface area (Å²) in [5, 5.41) is 11.3. The van der Waals surface area contributed by atoms with Gasteiger partial charge in [-0.1, -0.05) is 25.1 Å². The summed E-state index contributed by atoms with van der Waals surface area (Å²) in [6, 6.07) is 12.2. The molecule has 0 radical (unpaired) electrons. The molecule has 0 aliphatic heterocycles. The first-order valence-corrected chi connectivity index (χ1v) is 8.89. The fourth-order valence-electron chi connectivity index (χ4n) is 2.23. The second-order valence-corrected chi connectivity index (χ2v) is 7.00. The SMILES string of the molecule is CCc1cc2c(SCc3ccccc3C#N)nc(C)nc2s1. The fraction of sp³-hybridized carbons (Fsp3) is 0.235. The number of thiophene rings is 1. The van der Waals surface area contributed by atoms with Crippen molar-refractivity contribution in [1.29, 1.82) is 5.26 Å². The fourth-order valence-corrected chi connectivity index (χ4v) is 4.36. The summed E-state index contributed by atoms with van der Waals surface area (Å²) >= 11 is 3.41. The molecule has 0 aliphatic carbocycles. The van der Waals surface area contributed by atoms with E-state index in [1.165, 1.54) is 4.88 Å². The number of hydrogen-bond acceptors (Lipinski definition) is 5. The molecular formula is C17H15N3S2. The molecule has 1 aromatic carbocycles. The second kappa shape index (κ2) is 6.47. The molecule has 2 aromatic heterocycles. The summed E-state index contributed by atoms with van der Waals surface area (Å²) in [5.41, 5.74) is 1.78. The molecule has 0 fully saturated rings. The van der Waals surface area contributed by atoms with E-state index in [9.17, 15) is 5.26 Å². The molecule has 0 spiro atoms. The smallest absolute Gasteiger partial charge is 0.128 e. The molecule has 22 heavy (non-hydrogen) atoms. The summed E-state index contributed by atoms with van der Waals surface area (Å²) in [6.45, 7) is 4.08. The van der Waals surface area contributed by atoms with Gasteiger partial charge in [0, 0.05) is 16.0 Å². The highest BCUT2D eigenvalue weighted by molar-refractivity contribution is 7.98. The zero-order valence-electron chi connectivity index (χ0n) is 12.5. The average Bonchev–Trinajstić information content (AvgIpc) is 2.95. The van der Waals surface area contributed by atoms with Crippen LogP contribution in [0.15, 0.2) is 35.4 Å². The van der Waals surface area contributed by atoms with Crippen molar-refractivity contribution in [2.75, 3.05) is 0 Å². The Kier molecular flexibility index (Phi) is 4.41. The summed E-state index contributed by atoms with van der Waals surface area (Å²) in [6.07, 6.45) is 1.02. The molecule has 0 saturated heterocycles. The third-order valence-electron chi connectivity index (χ3n) is 3.37. The molecule has 3 aromatic rings. The minimum atomic E-state index is 0.733. The highest BCUT2D eigenvalue weighted by Crippen LogP contribution is 2.33. The molecule has 5 heteroatoms. The topological polar surface area (TPSA) is 49.6 Å². The Morgan fingerprint density at radius 2 is 2.09 bits per heavy atom. The minimum absolute atomic E-state index is 0.733. The van der Waals surface area contributed by atoms with Crippen molar-refractivity contribution in [2.24, 2.45) is 0 Å². The number of aryl methyl sites for hydroxylation is 2. The largest absolute Gasteiger partial charge is 0.226 e. The maximum atomic E-state index is 9.18. The first-order chi connectivity index (χ1) is 10.7. The van der Waals surface area contributed by atoms with Crippen molar-refractivity contribution in [1.82, 2.24) is 9.97 Å². The van der Waals surface area contributed by atoms with Crippen LogP contribution in [0.5, 0.6) is 0 Å². The molecule has 3 rings (SSSR count). The van der Waals surface area contributed by atoms with E-state index in [4.69, 9.17) is 0 Å². The highest BCUT2D eigenvalue weighted by Gasteiger charge is 2.11. The maximum absolute atomic E-state index is 9.18. The third kappa shape index (κ3) is 2.99. The Morgan fingerprint density at radius 1 is 1.27 bits per heavy atom. The third-order valence-corrected chi connectivity index (χ3v) is 5.58. The Labute approximate surface area is 138 Å². The van der Waals surface area contributed by atoms with E-state index in [-0.39, 0.29) is 0 Å². The van der Waals surface area contributed by atoms with Crippen molar-refractivity contribution in [2.45, 2.75) is 31.0 Å². The van der Waals surface area contributed by atoms with Gasteiger partial charge in [-0.3, -0.25) is 0 Å². The second-order valence-electron chi connectivity index (χ2n) is 4.92. The molecule has 2 heterocycles. The van der Waals surface area contributed by atoms with Gasteiger partial charge in [-0.25, -0.2) is 9.97 Å². The first-order valence-electron chi connectivity index (χ1n) is 7.09. The van der Waals surface area contributed by atoms with Crippen molar-refractivity contribution < 1.29 is 0 Å². The molecular weight excluding hydrogens is 310 g/mol. The maximum Gasteiger partial charge on any atom is 0.128 e. The van der Waals surface area contributed by atoms with E-state index in [1.54, 1.807) is 23.1 Å². The van der Waals surface area contributed by atoms with Gasteiger partial charge in [0.15, 0.2) is 0 Å². The molecule has 0 bridgehead atoms. The van der Waals surface area contributed by atoms with E-state index in [0.29, 0.717) is 0 Å². The zero-order valence-corrected chi connectivity index (χ0v) is 14.1. The van der Waals surface area contributed by atoms with Crippen LogP contribution in [-0.4, -0.2) is 9.97 Å². The summed E-state index contributed by atoms with van der Waals surface area (Å²) < 4.78 is 0. The van der Waals surface area contributed by atoms with Crippen molar-refractivity contribution in [3.8, 4) is 6.07 Å². The van der Waals surface area contributed by atoms with Gasteiger partial charge in [-0.05, 0) is 31.0 Å². The van der Waals surface area contributed by atoms with Gasteiger partial charge in [0.2, 0.25) is 0 Å². The quantitative estimate of drug-likeness (QED) is 0.514. The van der Waals surface area contributed by atoms with Crippen LogP contribution in [0.3, 0.4) is 0 Å². The number of nitrogens with zero attached hydrogens (tertiary/aromatic N) is 3. The van der Waals surface area contributed by atoms with E-state index in [1.807, 2.05) is 31.2 Å². The van der Waals surface area contributed by atoms with Gasteiger partial charge in [0.25, 0.3) is 0 Å². The number of rotatable bonds is 4. The number of hydrogen-bond donors (Lipinski definition) is 0. The van der Waals surface area contributed by atoms with Crippen molar-refractivity contribution in [3.05, 3.63) is 52.2 Å². The predicted molar refractivity (Wildman–Crippen MR) is 92.2 cm³/mol. The molecule has 0 atom stereocenters. The lowest BCUT2D eigenvalue weighted by molar-refractivity contribution is 1.01. The molecule has 3 nitrogen and oxygen atoms in total. The van der Waals surface area contributed by atoms with Crippen LogP contribution in [0.25, 0.3) is 10.2 Å². The summed E-state index contributed by atoms with van der Waals surface area (Å²) in [7, 11) is 0. The Bertz CT molecular complexity index is 862. The molecule has 0 N–H and O–H groups in total. The van der Waals surface area contributed by atoms with E-state index in [2.05, 4.69) is 29.0 Å². The van der Waals surface area contributed by atoms with E-state index in [0.717, 1.165) is 44.4 Å². The van der Waals surface area contributed by atoms with Crippen LogP contribution >= 0.6 is 23.1 Å². The molecule has 110 valence electrons. The normalized spacial score (nSPS) is 10.8. The van der Waals surface area contributed by atoms with E-state index < -0.39 is 0 Å². The first kappa shape index (κ1) is 15.0. The predicted octanol–water partition coefficient (Wildman–Crippen LogP) is 4.73. The number of nitriles is 1. The lowest BCUT2D eigenvalue weighted by atomic mass is 10.1. The molecule has 0 aliphatic rings. The van der Waals surface area contributed by atoms with Crippen LogP contribution in [0.1, 0.15) is 28.8 Å². The van der Waals surface area contributed by atoms with Crippen LogP contribution in [0.2, 0.25) is 0 Å². The Balaban J connectivity index is 1.93. The number of aromatic nitrogens is 2. The van der Waals surface area contributed by atoms with Crippen molar-refractivity contribution in [3.63, 3.8) is 0 Å². The van der Waals surface area contributed by atoms with Crippen LogP contribution < -0.4 is 0 Å². The van der Waals surface area contributed by atoms with Crippen LogP contribution in [-0.2, 0) is 12.2 Å². The van der Waals surface area contributed by atoms with Gasteiger partial charge in [0.1, 0.15) is 15.7 Å².